The van der Waals surface area contributed by atoms with E-state index in [9.17, 15) is 4.79 Å². The molecule has 2 aromatic carbocycles. The minimum Gasteiger partial charge on any atom is -0.267 e. The zero-order valence-electron chi connectivity index (χ0n) is 12.4. The zero-order valence-corrected chi connectivity index (χ0v) is 13.9. The number of hydrogen-bond donors (Lipinski definition) is 1. The van der Waals surface area contributed by atoms with Crippen LogP contribution < -0.4 is 5.43 Å². The van der Waals surface area contributed by atoms with Gasteiger partial charge in [-0.3, -0.25) is 4.79 Å². The fourth-order valence-corrected chi connectivity index (χ4v) is 2.40. The summed E-state index contributed by atoms with van der Waals surface area (Å²) in [5.74, 6) is -0.436. The Morgan fingerprint density at radius 3 is 2.75 bits per heavy atom. The van der Waals surface area contributed by atoms with Gasteiger partial charge in [-0.1, -0.05) is 41.4 Å². The molecule has 0 atom stereocenters. The van der Waals surface area contributed by atoms with E-state index in [1.165, 1.54) is 12.3 Å². The number of benzene rings is 2. The van der Waals surface area contributed by atoms with Gasteiger partial charge in [0.15, 0.2) is 0 Å². The van der Waals surface area contributed by atoms with E-state index in [1.54, 1.807) is 29.2 Å². The van der Waals surface area contributed by atoms with E-state index < -0.39 is 5.91 Å². The van der Waals surface area contributed by atoms with Gasteiger partial charge in [-0.25, -0.2) is 10.1 Å². The van der Waals surface area contributed by atoms with E-state index in [0.29, 0.717) is 10.0 Å². The summed E-state index contributed by atoms with van der Waals surface area (Å²) in [5.41, 5.74) is 4.36. The number of hydrazone groups is 1. The van der Waals surface area contributed by atoms with Gasteiger partial charge < -0.3 is 0 Å². The van der Waals surface area contributed by atoms with Gasteiger partial charge in [-0.05, 0) is 30.3 Å². The first-order valence-corrected chi connectivity index (χ1v) is 7.77. The summed E-state index contributed by atoms with van der Waals surface area (Å²) in [5, 5.41) is 8.90. The molecule has 3 aromatic rings. The normalized spacial score (nSPS) is 10.9. The molecule has 0 saturated carbocycles. The lowest BCUT2D eigenvalue weighted by atomic mass is 10.2. The van der Waals surface area contributed by atoms with E-state index in [2.05, 4.69) is 15.6 Å². The van der Waals surface area contributed by atoms with Gasteiger partial charge in [0.25, 0.3) is 5.91 Å². The van der Waals surface area contributed by atoms with E-state index in [4.69, 9.17) is 23.2 Å². The molecule has 0 spiro atoms. The van der Waals surface area contributed by atoms with Crippen molar-refractivity contribution in [2.75, 3.05) is 0 Å². The molecule has 0 saturated heterocycles. The minimum atomic E-state index is -0.436. The lowest BCUT2D eigenvalue weighted by Gasteiger charge is -2.02. The molecular weight excluding hydrogens is 347 g/mol. The molecule has 1 amide bonds. The SMILES string of the molecule is O=C(N/N=C\c1cnn(-c2ccccc2)c1)c1cc(Cl)ccc1Cl. The molecule has 3 rings (SSSR count). The molecule has 0 aliphatic heterocycles. The molecule has 1 N–H and O–H groups in total. The number of carbonyl (C=O) groups excluding carboxylic acids is 1. The number of aromatic nitrogens is 2. The molecule has 5 nitrogen and oxygen atoms in total. The molecule has 0 radical (unpaired) electrons. The highest BCUT2D eigenvalue weighted by Crippen LogP contribution is 2.20. The Kier molecular flexibility index (Phi) is 4.93. The molecule has 0 bridgehead atoms. The maximum atomic E-state index is 12.0. The molecule has 7 heteroatoms. The Morgan fingerprint density at radius 2 is 1.96 bits per heavy atom. The van der Waals surface area contributed by atoms with E-state index in [0.717, 1.165) is 11.3 Å². The lowest BCUT2D eigenvalue weighted by Crippen LogP contribution is -2.18. The molecule has 0 aliphatic rings. The minimum absolute atomic E-state index is 0.265. The third-order valence-corrected chi connectivity index (χ3v) is 3.74. The van der Waals surface area contributed by atoms with Gasteiger partial charge in [-0.2, -0.15) is 10.2 Å². The molecule has 1 aromatic heterocycles. The Hall–Kier alpha value is -2.63. The number of nitrogens with one attached hydrogen (secondary N) is 1. The average molecular weight is 359 g/mol. The highest BCUT2D eigenvalue weighted by molar-refractivity contribution is 6.35. The van der Waals surface area contributed by atoms with Crippen molar-refractivity contribution in [2.45, 2.75) is 0 Å². The molecule has 0 aliphatic carbocycles. The molecule has 0 fully saturated rings. The zero-order chi connectivity index (χ0) is 16.9. The van der Waals surface area contributed by atoms with E-state index >= 15 is 0 Å². The fourth-order valence-electron chi connectivity index (χ4n) is 2.02. The van der Waals surface area contributed by atoms with Crippen molar-refractivity contribution < 1.29 is 4.79 Å². The Balaban J connectivity index is 1.68. The largest absolute Gasteiger partial charge is 0.272 e. The van der Waals surface area contributed by atoms with Crippen LogP contribution in [0.25, 0.3) is 5.69 Å². The first-order valence-electron chi connectivity index (χ1n) is 7.02. The molecule has 24 heavy (non-hydrogen) atoms. The molecular formula is C17H12Cl2N4O. The van der Waals surface area contributed by atoms with Crippen molar-refractivity contribution in [3.8, 4) is 5.69 Å². The van der Waals surface area contributed by atoms with Crippen LogP contribution in [-0.4, -0.2) is 21.9 Å². The monoisotopic (exact) mass is 358 g/mol. The van der Waals surface area contributed by atoms with Crippen LogP contribution in [-0.2, 0) is 0 Å². The Morgan fingerprint density at radius 1 is 1.17 bits per heavy atom. The van der Waals surface area contributed by atoms with Gasteiger partial charge in [0, 0.05) is 16.8 Å². The van der Waals surface area contributed by atoms with Crippen molar-refractivity contribution in [3.63, 3.8) is 0 Å². The van der Waals surface area contributed by atoms with Crippen LogP contribution in [0.4, 0.5) is 0 Å². The average Bonchev–Trinajstić information content (AvgIpc) is 3.06. The van der Waals surface area contributed by atoms with E-state index in [-0.39, 0.29) is 5.56 Å². The quantitative estimate of drug-likeness (QED) is 0.567. The van der Waals surface area contributed by atoms with Crippen LogP contribution >= 0.6 is 23.2 Å². The first-order chi connectivity index (χ1) is 11.6. The van der Waals surface area contributed by atoms with Crippen molar-refractivity contribution in [2.24, 2.45) is 5.10 Å². The van der Waals surface area contributed by atoms with Gasteiger partial charge in [-0.15, -0.1) is 0 Å². The molecule has 120 valence electrons. The summed E-state index contributed by atoms with van der Waals surface area (Å²) in [6.45, 7) is 0. The van der Waals surface area contributed by atoms with Crippen molar-refractivity contribution in [1.82, 2.24) is 15.2 Å². The van der Waals surface area contributed by atoms with Crippen LogP contribution in [0, 0.1) is 0 Å². The van der Waals surface area contributed by atoms with Gasteiger partial charge in [0.05, 0.1) is 28.7 Å². The number of carbonyl (C=O) groups is 1. The molecule has 1 heterocycles. The van der Waals surface area contributed by atoms with Gasteiger partial charge in [0.1, 0.15) is 0 Å². The summed E-state index contributed by atoms with van der Waals surface area (Å²) in [4.78, 5) is 12.0. The van der Waals surface area contributed by atoms with Gasteiger partial charge >= 0.3 is 0 Å². The number of rotatable bonds is 4. The van der Waals surface area contributed by atoms with Crippen LogP contribution in [0.2, 0.25) is 10.0 Å². The topological polar surface area (TPSA) is 59.3 Å². The second-order valence-corrected chi connectivity index (χ2v) is 5.72. The summed E-state index contributed by atoms with van der Waals surface area (Å²) < 4.78 is 1.72. The summed E-state index contributed by atoms with van der Waals surface area (Å²) in [7, 11) is 0. The standard InChI is InChI=1S/C17H12Cl2N4O/c18-13-6-7-16(19)15(8-13)17(24)22-20-9-12-10-21-23(11-12)14-4-2-1-3-5-14/h1-11H,(H,22,24)/b20-9-. The van der Waals surface area contributed by atoms with E-state index in [1.807, 2.05) is 30.3 Å². The molecule has 0 unspecified atom stereocenters. The number of halogens is 2. The number of para-hydroxylation sites is 1. The third kappa shape index (κ3) is 3.82. The lowest BCUT2D eigenvalue weighted by molar-refractivity contribution is 0.0955. The van der Waals surface area contributed by atoms with Crippen molar-refractivity contribution in [3.05, 3.63) is 82.1 Å². The second-order valence-electron chi connectivity index (χ2n) is 4.88. The maximum Gasteiger partial charge on any atom is 0.272 e. The maximum absolute atomic E-state index is 12.0. The van der Waals surface area contributed by atoms with Crippen LogP contribution in [0.15, 0.2) is 66.0 Å². The third-order valence-electron chi connectivity index (χ3n) is 3.18. The Bertz CT molecular complexity index is 891. The van der Waals surface area contributed by atoms with Crippen molar-refractivity contribution in [1.29, 1.82) is 0 Å². The summed E-state index contributed by atoms with van der Waals surface area (Å²) in [6, 6.07) is 14.3. The Labute approximate surface area is 148 Å². The van der Waals surface area contributed by atoms with Crippen LogP contribution in [0.5, 0.6) is 0 Å². The predicted molar refractivity (Wildman–Crippen MR) is 95.1 cm³/mol. The smallest absolute Gasteiger partial charge is 0.267 e. The van der Waals surface area contributed by atoms with Gasteiger partial charge in [0.2, 0.25) is 0 Å². The summed E-state index contributed by atoms with van der Waals surface area (Å²) in [6.07, 6.45) is 4.95. The number of hydrogen-bond acceptors (Lipinski definition) is 3. The predicted octanol–water partition coefficient (Wildman–Crippen LogP) is 3.94. The van der Waals surface area contributed by atoms with Crippen molar-refractivity contribution >= 4 is 35.3 Å². The first kappa shape index (κ1) is 16.2. The number of nitrogens with zero attached hydrogens (tertiary/aromatic N) is 3. The van der Waals surface area contributed by atoms with Crippen LogP contribution in [0.1, 0.15) is 15.9 Å². The number of amides is 1. The second kappa shape index (κ2) is 7.29. The van der Waals surface area contributed by atoms with Crippen LogP contribution in [0.3, 0.4) is 0 Å². The highest BCUT2D eigenvalue weighted by atomic mass is 35.5. The summed E-state index contributed by atoms with van der Waals surface area (Å²) >= 11 is 11.8. The fraction of sp³-hybridized carbons (Fsp3) is 0. The highest BCUT2D eigenvalue weighted by Gasteiger charge is 2.10.